The van der Waals surface area contributed by atoms with Gasteiger partial charge in [-0.3, -0.25) is 0 Å². The van der Waals surface area contributed by atoms with E-state index in [9.17, 15) is 0 Å². The Kier molecular flexibility index (Phi) is 2.95. The molecule has 0 unspecified atom stereocenters. The van der Waals surface area contributed by atoms with Crippen molar-refractivity contribution in [1.29, 1.82) is 0 Å². The standard InChI is InChI=1S/C10H10IN3OS/c11-8-3-6(5-16-8)10-14-13-9(15-10)4-12-7-1-2-7/h3,5,7,12H,1-2,4H2. The molecule has 0 radical (unpaired) electrons. The molecule has 2 heterocycles. The summed E-state index contributed by atoms with van der Waals surface area (Å²) in [4.78, 5) is 0. The minimum absolute atomic E-state index is 0.617. The molecule has 0 bridgehead atoms. The predicted molar refractivity (Wildman–Crippen MR) is 70.2 cm³/mol. The summed E-state index contributed by atoms with van der Waals surface area (Å²) in [5, 5.41) is 13.5. The van der Waals surface area contributed by atoms with E-state index in [1.165, 1.54) is 15.7 Å². The maximum absolute atomic E-state index is 5.58. The Morgan fingerprint density at radius 2 is 2.38 bits per heavy atom. The lowest BCUT2D eigenvalue weighted by Gasteiger charge is -1.95. The van der Waals surface area contributed by atoms with Gasteiger partial charge < -0.3 is 9.73 Å². The first-order chi connectivity index (χ1) is 7.81. The van der Waals surface area contributed by atoms with E-state index < -0.39 is 0 Å². The molecule has 0 aliphatic heterocycles. The number of hydrogen-bond acceptors (Lipinski definition) is 5. The largest absolute Gasteiger partial charge is 0.419 e. The van der Waals surface area contributed by atoms with Crippen molar-refractivity contribution in [3.63, 3.8) is 0 Å². The molecule has 1 aliphatic rings. The Bertz CT molecular complexity index is 492. The lowest BCUT2D eigenvalue weighted by molar-refractivity contribution is 0.476. The van der Waals surface area contributed by atoms with Crippen molar-refractivity contribution in [2.45, 2.75) is 25.4 Å². The van der Waals surface area contributed by atoms with E-state index >= 15 is 0 Å². The van der Waals surface area contributed by atoms with Crippen LogP contribution in [0.2, 0.25) is 0 Å². The fourth-order valence-corrected chi connectivity index (χ4v) is 2.70. The van der Waals surface area contributed by atoms with Crippen LogP contribution in [0.25, 0.3) is 11.5 Å². The van der Waals surface area contributed by atoms with Crippen LogP contribution in [0.5, 0.6) is 0 Å². The lowest BCUT2D eigenvalue weighted by Crippen LogP contribution is -2.15. The molecule has 84 valence electrons. The van der Waals surface area contributed by atoms with E-state index in [0.29, 0.717) is 24.4 Å². The fourth-order valence-electron chi connectivity index (χ4n) is 1.38. The van der Waals surface area contributed by atoms with Gasteiger partial charge in [0.15, 0.2) is 0 Å². The van der Waals surface area contributed by atoms with Crippen LogP contribution in [0, 0.1) is 2.88 Å². The van der Waals surface area contributed by atoms with Crippen LogP contribution < -0.4 is 5.32 Å². The number of halogens is 1. The molecule has 0 saturated heterocycles. The Hall–Kier alpha value is -0.470. The van der Waals surface area contributed by atoms with E-state index in [-0.39, 0.29) is 0 Å². The Labute approximate surface area is 111 Å². The van der Waals surface area contributed by atoms with Crippen LogP contribution in [0.3, 0.4) is 0 Å². The maximum atomic E-state index is 5.58. The average molecular weight is 347 g/mol. The number of nitrogens with zero attached hydrogens (tertiary/aromatic N) is 2. The Morgan fingerprint density at radius 3 is 3.06 bits per heavy atom. The summed E-state index contributed by atoms with van der Waals surface area (Å²) in [6.07, 6.45) is 2.54. The second-order valence-corrected chi connectivity index (χ2v) is 6.60. The molecule has 1 N–H and O–H groups in total. The molecule has 6 heteroatoms. The first kappa shape index (κ1) is 10.7. The molecule has 2 aromatic rings. The summed E-state index contributed by atoms with van der Waals surface area (Å²) in [7, 11) is 0. The van der Waals surface area contributed by atoms with E-state index in [1.807, 2.05) is 5.38 Å². The summed E-state index contributed by atoms with van der Waals surface area (Å²) in [6.45, 7) is 0.679. The molecule has 0 amide bonds. The molecular formula is C10H10IN3OS. The fraction of sp³-hybridized carbons (Fsp3) is 0.400. The van der Waals surface area contributed by atoms with Crippen molar-refractivity contribution in [1.82, 2.24) is 15.5 Å². The van der Waals surface area contributed by atoms with Crippen molar-refractivity contribution < 1.29 is 4.42 Å². The first-order valence-electron chi connectivity index (χ1n) is 5.11. The third-order valence-electron chi connectivity index (χ3n) is 2.40. The Balaban J connectivity index is 1.71. The van der Waals surface area contributed by atoms with Gasteiger partial charge in [-0.05, 0) is 41.5 Å². The van der Waals surface area contributed by atoms with Gasteiger partial charge in [0, 0.05) is 11.4 Å². The SMILES string of the molecule is Ic1cc(-c2nnc(CNC3CC3)o2)cs1. The zero-order valence-electron chi connectivity index (χ0n) is 8.44. The van der Waals surface area contributed by atoms with Crippen LogP contribution in [0.1, 0.15) is 18.7 Å². The van der Waals surface area contributed by atoms with Crippen molar-refractivity contribution in [3.05, 3.63) is 20.2 Å². The molecule has 3 rings (SSSR count). The van der Waals surface area contributed by atoms with Gasteiger partial charge in [-0.25, -0.2) is 0 Å². The second-order valence-electron chi connectivity index (χ2n) is 3.80. The summed E-state index contributed by atoms with van der Waals surface area (Å²) in [5.74, 6) is 1.29. The van der Waals surface area contributed by atoms with E-state index in [2.05, 4.69) is 44.2 Å². The van der Waals surface area contributed by atoms with Gasteiger partial charge in [0.25, 0.3) is 0 Å². The minimum Gasteiger partial charge on any atom is -0.419 e. The lowest BCUT2D eigenvalue weighted by atomic mass is 10.3. The summed E-state index contributed by atoms with van der Waals surface area (Å²) >= 11 is 3.96. The van der Waals surface area contributed by atoms with Crippen LogP contribution in [-0.2, 0) is 6.54 Å². The van der Waals surface area contributed by atoms with Crippen molar-refractivity contribution in [2.24, 2.45) is 0 Å². The molecule has 0 atom stereocenters. The molecule has 1 saturated carbocycles. The van der Waals surface area contributed by atoms with Gasteiger partial charge in [0.2, 0.25) is 11.8 Å². The minimum atomic E-state index is 0.617. The first-order valence-corrected chi connectivity index (χ1v) is 7.07. The van der Waals surface area contributed by atoms with Crippen LogP contribution >= 0.6 is 33.9 Å². The van der Waals surface area contributed by atoms with E-state index in [1.54, 1.807) is 11.3 Å². The third kappa shape index (κ3) is 2.44. The van der Waals surface area contributed by atoms with E-state index in [0.717, 1.165) is 5.56 Å². The highest BCUT2D eigenvalue weighted by atomic mass is 127. The zero-order chi connectivity index (χ0) is 11.0. The molecule has 4 nitrogen and oxygen atoms in total. The van der Waals surface area contributed by atoms with Gasteiger partial charge >= 0.3 is 0 Å². The summed E-state index contributed by atoms with van der Waals surface area (Å²) < 4.78 is 6.81. The highest BCUT2D eigenvalue weighted by Crippen LogP contribution is 2.25. The van der Waals surface area contributed by atoms with Crippen LogP contribution in [0.4, 0.5) is 0 Å². The van der Waals surface area contributed by atoms with Gasteiger partial charge in [0.1, 0.15) is 0 Å². The smallest absolute Gasteiger partial charge is 0.248 e. The second kappa shape index (κ2) is 4.42. The molecular weight excluding hydrogens is 337 g/mol. The normalized spacial score (nSPS) is 15.6. The van der Waals surface area contributed by atoms with Gasteiger partial charge in [-0.15, -0.1) is 21.5 Å². The number of aromatic nitrogens is 2. The zero-order valence-corrected chi connectivity index (χ0v) is 11.4. The Morgan fingerprint density at radius 1 is 1.50 bits per heavy atom. The highest BCUT2D eigenvalue weighted by Gasteiger charge is 2.21. The van der Waals surface area contributed by atoms with Crippen LogP contribution in [0.15, 0.2) is 15.9 Å². The predicted octanol–water partition coefficient (Wildman–Crippen LogP) is 2.65. The van der Waals surface area contributed by atoms with E-state index in [4.69, 9.17) is 4.42 Å². The molecule has 2 aromatic heterocycles. The molecule has 16 heavy (non-hydrogen) atoms. The van der Waals surface area contributed by atoms with Crippen molar-refractivity contribution >= 4 is 33.9 Å². The highest BCUT2D eigenvalue weighted by molar-refractivity contribution is 14.1. The summed E-state index contributed by atoms with van der Waals surface area (Å²) in [5.41, 5.74) is 1.01. The van der Waals surface area contributed by atoms with Gasteiger partial charge in [-0.2, -0.15) is 0 Å². The molecule has 0 spiro atoms. The number of hydrogen-bond donors (Lipinski definition) is 1. The van der Waals surface area contributed by atoms with Gasteiger partial charge in [-0.1, -0.05) is 0 Å². The number of nitrogens with one attached hydrogen (secondary N) is 1. The molecule has 0 aromatic carbocycles. The number of thiophene rings is 1. The third-order valence-corrected chi connectivity index (χ3v) is 4.19. The van der Waals surface area contributed by atoms with Crippen LogP contribution in [-0.4, -0.2) is 16.2 Å². The molecule has 1 fully saturated rings. The monoisotopic (exact) mass is 347 g/mol. The van der Waals surface area contributed by atoms with Crippen molar-refractivity contribution in [2.75, 3.05) is 0 Å². The quantitative estimate of drug-likeness (QED) is 0.864. The summed E-state index contributed by atoms with van der Waals surface area (Å²) in [6, 6.07) is 2.72. The molecule has 1 aliphatic carbocycles. The van der Waals surface area contributed by atoms with Crippen molar-refractivity contribution in [3.8, 4) is 11.5 Å². The topological polar surface area (TPSA) is 51.0 Å². The maximum Gasteiger partial charge on any atom is 0.248 e. The average Bonchev–Trinajstić information content (AvgIpc) is 2.81. The number of rotatable bonds is 4. The van der Waals surface area contributed by atoms with Gasteiger partial charge in [0.05, 0.1) is 15.0 Å².